The van der Waals surface area contributed by atoms with Gasteiger partial charge in [0.05, 0.1) is 0 Å². The Morgan fingerprint density at radius 3 is 2.60 bits per heavy atom. The van der Waals surface area contributed by atoms with Gasteiger partial charge in [-0.15, -0.1) is 0 Å². The van der Waals surface area contributed by atoms with E-state index in [4.69, 9.17) is 0 Å². The molecule has 7 nitrogen and oxygen atoms in total. The summed E-state index contributed by atoms with van der Waals surface area (Å²) in [4.78, 5) is 38.1. The largest absolute Gasteiger partial charge is 0.322 e. The van der Waals surface area contributed by atoms with Crippen LogP contribution in [0.5, 0.6) is 0 Å². The van der Waals surface area contributed by atoms with E-state index in [9.17, 15) is 14.4 Å². The average Bonchev–Trinajstić information content (AvgIpc) is 3.03. The van der Waals surface area contributed by atoms with Crippen LogP contribution in [0.25, 0.3) is 0 Å². The van der Waals surface area contributed by atoms with Crippen molar-refractivity contribution in [2.75, 3.05) is 19.6 Å². The molecule has 3 amide bonds. The first kappa shape index (κ1) is 19.7. The molecule has 30 heavy (non-hydrogen) atoms. The molecule has 1 aromatic carbocycles. The van der Waals surface area contributed by atoms with Crippen molar-refractivity contribution in [1.82, 2.24) is 20.9 Å². The number of carbonyl (C=O) groups excluding carboxylic acids is 3. The van der Waals surface area contributed by atoms with E-state index in [1.165, 1.54) is 38.8 Å². The first-order valence-corrected chi connectivity index (χ1v) is 11.2. The number of carbonyl (C=O) groups is 3. The Hall–Kier alpha value is -2.25. The Kier molecular flexibility index (Phi) is 5.11. The van der Waals surface area contributed by atoms with E-state index < -0.39 is 6.04 Å². The minimum atomic E-state index is -0.551. The molecule has 0 bridgehead atoms. The van der Waals surface area contributed by atoms with Crippen LogP contribution in [0.15, 0.2) is 18.2 Å². The molecular weight excluding hydrogens is 380 g/mol. The van der Waals surface area contributed by atoms with Crippen LogP contribution in [0, 0.1) is 11.3 Å². The molecule has 0 aromatic heterocycles. The van der Waals surface area contributed by atoms with Gasteiger partial charge in [0, 0.05) is 38.2 Å². The molecular formula is C23H30N4O3. The molecule has 3 fully saturated rings. The average molecular weight is 411 g/mol. The predicted molar refractivity (Wildman–Crippen MR) is 111 cm³/mol. The van der Waals surface area contributed by atoms with Crippen LogP contribution in [-0.4, -0.2) is 48.3 Å². The molecule has 1 spiro atoms. The second-order valence-electron chi connectivity index (χ2n) is 9.57. The fraction of sp³-hybridized carbons (Fsp3) is 0.609. The van der Waals surface area contributed by atoms with Crippen molar-refractivity contribution in [1.29, 1.82) is 0 Å². The minimum Gasteiger partial charge on any atom is -0.322 e. The van der Waals surface area contributed by atoms with E-state index in [0.717, 1.165) is 30.1 Å². The number of rotatable bonds is 5. The van der Waals surface area contributed by atoms with Gasteiger partial charge in [0.15, 0.2) is 0 Å². The smallest absolute Gasteiger partial charge is 0.255 e. The van der Waals surface area contributed by atoms with Gasteiger partial charge in [-0.2, -0.15) is 0 Å². The monoisotopic (exact) mass is 410 g/mol. The highest BCUT2D eigenvalue weighted by Crippen LogP contribution is 2.41. The highest BCUT2D eigenvalue weighted by atomic mass is 16.2. The van der Waals surface area contributed by atoms with E-state index in [-0.39, 0.29) is 24.1 Å². The molecule has 2 saturated heterocycles. The van der Waals surface area contributed by atoms with Gasteiger partial charge >= 0.3 is 0 Å². The summed E-state index contributed by atoms with van der Waals surface area (Å²) in [5, 5.41) is 9.36. The van der Waals surface area contributed by atoms with Gasteiger partial charge in [-0.25, -0.2) is 0 Å². The Morgan fingerprint density at radius 2 is 1.90 bits per heavy atom. The second kappa shape index (κ2) is 7.78. The van der Waals surface area contributed by atoms with E-state index in [0.29, 0.717) is 23.9 Å². The maximum Gasteiger partial charge on any atom is 0.255 e. The zero-order valence-corrected chi connectivity index (χ0v) is 17.3. The summed E-state index contributed by atoms with van der Waals surface area (Å²) >= 11 is 0. The number of imide groups is 1. The fourth-order valence-electron chi connectivity index (χ4n) is 5.46. The lowest BCUT2D eigenvalue weighted by Crippen LogP contribution is -2.55. The van der Waals surface area contributed by atoms with Crippen LogP contribution >= 0.6 is 0 Å². The first-order valence-electron chi connectivity index (χ1n) is 11.2. The molecule has 1 aromatic rings. The number of nitrogens with one attached hydrogen (secondary N) is 3. The number of hydrogen-bond donors (Lipinski definition) is 3. The third kappa shape index (κ3) is 3.65. The molecule has 1 unspecified atom stereocenters. The number of piperidine rings is 1. The quantitative estimate of drug-likeness (QED) is 0.637. The van der Waals surface area contributed by atoms with Crippen LogP contribution in [0.1, 0.15) is 60.0 Å². The van der Waals surface area contributed by atoms with E-state index in [1.807, 2.05) is 12.1 Å². The number of fused-ring (bicyclic) bond motifs is 1. The molecule has 5 rings (SSSR count). The van der Waals surface area contributed by atoms with Gasteiger partial charge < -0.3 is 15.5 Å². The van der Waals surface area contributed by atoms with Crippen molar-refractivity contribution in [3.8, 4) is 0 Å². The lowest BCUT2D eigenvalue weighted by atomic mass is 9.67. The first-order chi connectivity index (χ1) is 14.5. The molecule has 7 heteroatoms. The van der Waals surface area contributed by atoms with Crippen LogP contribution < -0.4 is 16.0 Å². The maximum absolute atomic E-state index is 12.9. The maximum atomic E-state index is 12.9. The second-order valence-corrected chi connectivity index (χ2v) is 9.57. The highest BCUT2D eigenvalue weighted by Gasteiger charge is 2.40. The van der Waals surface area contributed by atoms with Gasteiger partial charge in [-0.3, -0.25) is 19.7 Å². The number of amides is 3. The van der Waals surface area contributed by atoms with E-state index in [2.05, 4.69) is 22.0 Å². The summed E-state index contributed by atoms with van der Waals surface area (Å²) in [5.74, 6) is 0.0239. The molecule has 3 N–H and O–H groups in total. The van der Waals surface area contributed by atoms with Crippen LogP contribution in [0.4, 0.5) is 0 Å². The topological polar surface area (TPSA) is 90.5 Å². The SMILES string of the molecule is O=C1CCC(N2Cc3ccc(CNCC4CCC5(CC4)CNC5)cc3C2=O)C(=O)N1. The molecule has 3 heterocycles. The highest BCUT2D eigenvalue weighted by molar-refractivity contribution is 6.05. The molecule has 1 aliphatic carbocycles. The van der Waals surface area contributed by atoms with Crippen molar-refractivity contribution in [3.63, 3.8) is 0 Å². The molecule has 160 valence electrons. The van der Waals surface area contributed by atoms with Crippen molar-refractivity contribution in [2.45, 2.75) is 57.7 Å². The van der Waals surface area contributed by atoms with E-state index in [1.54, 1.807) is 4.90 Å². The van der Waals surface area contributed by atoms with Crippen molar-refractivity contribution >= 4 is 17.7 Å². The number of benzene rings is 1. The van der Waals surface area contributed by atoms with Crippen molar-refractivity contribution in [3.05, 3.63) is 34.9 Å². The van der Waals surface area contributed by atoms with Crippen LogP contribution in [-0.2, 0) is 22.7 Å². The molecule has 3 aliphatic heterocycles. The zero-order valence-electron chi connectivity index (χ0n) is 17.3. The summed E-state index contributed by atoms with van der Waals surface area (Å²) in [6.07, 6.45) is 5.98. The summed E-state index contributed by atoms with van der Waals surface area (Å²) in [7, 11) is 0. The van der Waals surface area contributed by atoms with Gasteiger partial charge in [-0.05, 0) is 67.2 Å². The lowest BCUT2D eigenvalue weighted by Gasteiger charge is -2.47. The van der Waals surface area contributed by atoms with Gasteiger partial charge in [0.2, 0.25) is 11.8 Å². The molecule has 1 saturated carbocycles. The van der Waals surface area contributed by atoms with E-state index >= 15 is 0 Å². The summed E-state index contributed by atoms with van der Waals surface area (Å²) in [5.41, 5.74) is 3.35. The van der Waals surface area contributed by atoms with Crippen LogP contribution in [0.3, 0.4) is 0 Å². The molecule has 1 atom stereocenters. The van der Waals surface area contributed by atoms with Crippen molar-refractivity contribution in [2.24, 2.45) is 11.3 Å². The third-order valence-corrected chi connectivity index (χ3v) is 7.52. The third-order valence-electron chi connectivity index (χ3n) is 7.52. The Balaban J connectivity index is 1.15. The summed E-state index contributed by atoms with van der Waals surface area (Å²) in [6, 6.07) is 5.49. The number of hydrogen-bond acceptors (Lipinski definition) is 5. The van der Waals surface area contributed by atoms with Gasteiger partial charge in [0.25, 0.3) is 5.91 Å². The van der Waals surface area contributed by atoms with Crippen LogP contribution in [0.2, 0.25) is 0 Å². The lowest BCUT2D eigenvalue weighted by molar-refractivity contribution is -0.136. The molecule has 0 radical (unpaired) electrons. The minimum absolute atomic E-state index is 0.104. The fourth-order valence-corrected chi connectivity index (χ4v) is 5.46. The number of nitrogens with zero attached hydrogens (tertiary/aromatic N) is 1. The molecule has 4 aliphatic rings. The normalized spacial score (nSPS) is 25.9. The van der Waals surface area contributed by atoms with Gasteiger partial charge in [-0.1, -0.05) is 12.1 Å². The summed E-state index contributed by atoms with van der Waals surface area (Å²) in [6.45, 7) is 4.62. The van der Waals surface area contributed by atoms with Crippen molar-refractivity contribution < 1.29 is 14.4 Å². The predicted octanol–water partition coefficient (Wildman–Crippen LogP) is 1.32. The summed E-state index contributed by atoms with van der Waals surface area (Å²) < 4.78 is 0. The van der Waals surface area contributed by atoms with Gasteiger partial charge in [0.1, 0.15) is 6.04 Å². The Labute approximate surface area is 177 Å². The Bertz CT molecular complexity index is 869. The Morgan fingerprint density at radius 1 is 1.10 bits per heavy atom. The standard InChI is InChI=1S/C23H30N4O3/c28-20-4-3-19(21(29)26-20)27-12-17-2-1-16(9-18(17)22(27)30)11-24-10-15-5-7-23(8-6-15)13-25-14-23/h1-2,9,15,19,24-25H,3-8,10-14H2,(H,26,28,29). The zero-order chi connectivity index (χ0) is 20.7.